The molecule has 0 spiro atoms. The average molecular weight is 207 g/mol. The zero-order chi connectivity index (χ0) is 11.6. The molecule has 15 heavy (non-hydrogen) atoms. The zero-order valence-corrected chi connectivity index (χ0v) is 10.0. The summed E-state index contributed by atoms with van der Waals surface area (Å²) in [6, 6.07) is 3.96. The van der Waals surface area contributed by atoms with Crippen molar-refractivity contribution in [3.05, 3.63) is 34.4 Å². The molecule has 0 radical (unpaired) electrons. The van der Waals surface area contributed by atoms with E-state index in [-0.39, 0.29) is 6.04 Å². The molecule has 0 aromatic heterocycles. The molecule has 1 rings (SSSR count). The fourth-order valence-electron chi connectivity index (χ4n) is 2.16. The maximum Gasteiger partial charge on any atom is 0.0730 e. The SMILES string of the molecule is CC[C@H](O)[C@H](N)c1c(C)cc(C)cc1C. The molecule has 0 saturated heterocycles. The first-order valence-electron chi connectivity index (χ1n) is 5.48. The Morgan fingerprint density at radius 1 is 1.20 bits per heavy atom. The first kappa shape index (κ1) is 12.2. The smallest absolute Gasteiger partial charge is 0.0730 e. The minimum absolute atomic E-state index is 0.268. The van der Waals surface area contributed by atoms with Crippen molar-refractivity contribution in [2.75, 3.05) is 0 Å². The van der Waals surface area contributed by atoms with Gasteiger partial charge in [-0.3, -0.25) is 0 Å². The third-order valence-electron chi connectivity index (χ3n) is 2.90. The summed E-state index contributed by atoms with van der Waals surface area (Å²) >= 11 is 0. The van der Waals surface area contributed by atoms with Crippen molar-refractivity contribution in [2.45, 2.75) is 46.3 Å². The summed E-state index contributed by atoms with van der Waals surface area (Å²) in [5.74, 6) is 0. The van der Waals surface area contributed by atoms with E-state index in [9.17, 15) is 5.11 Å². The molecule has 84 valence electrons. The molecule has 1 aromatic rings. The lowest BCUT2D eigenvalue weighted by Gasteiger charge is -2.22. The second kappa shape index (κ2) is 4.77. The number of nitrogens with two attached hydrogens (primary N) is 1. The number of rotatable bonds is 3. The topological polar surface area (TPSA) is 46.2 Å². The molecule has 0 bridgehead atoms. The minimum Gasteiger partial charge on any atom is -0.391 e. The van der Waals surface area contributed by atoms with Crippen LogP contribution in [-0.2, 0) is 0 Å². The van der Waals surface area contributed by atoms with E-state index in [1.54, 1.807) is 0 Å². The maximum atomic E-state index is 9.77. The van der Waals surface area contributed by atoms with Crippen LogP contribution in [0.4, 0.5) is 0 Å². The monoisotopic (exact) mass is 207 g/mol. The summed E-state index contributed by atoms with van der Waals surface area (Å²) in [7, 11) is 0. The summed E-state index contributed by atoms with van der Waals surface area (Å²) in [4.78, 5) is 0. The van der Waals surface area contributed by atoms with Gasteiger partial charge in [-0.05, 0) is 43.9 Å². The minimum atomic E-state index is -0.454. The summed E-state index contributed by atoms with van der Waals surface area (Å²) in [6.07, 6.45) is 0.235. The van der Waals surface area contributed by atoms with Gasteiger partial charge in [0.2, 0.25) is 0 Å². The Bertz CT molecular complexity index is 323. The quantitative estimate of drug-likeness (QED) is 0.799. The lowest BCUT2D eigenvalue weighted by molar-refractivity contribution is 0.140. The summed E-state index contributed by atoms with van der Waals surface area (Å²) in [5, 5.41) is 9.77. The van der Waals surface area contributed by atoms with Crippen LogP contribution >= 0.6 is 0 Å². The molecule has 0 aliphatic carbocycles. The molecule has 3 N–H and O–H groups in total. The Morgan fingerprint density at radius 2 is 1.67 bits per heavy atom. The van der Waals surface area contributed by atoms with Crippen LogP contribution < -0.4 is 5.73 Å². The molecule has 2 atom stereocenters. The van der Waals surface area contributed by atoms with Crippen molar-refractivity contribution >= 4 is 0 Å². The van der Waals surface area contributed by atoms with Crippen molar-refractivity contribution in [1.29, 1.82) is 0 Å². The van der Waals surface area contributed by atoms with Gasteiger partial charge in [0.25, 0.3) is 0 Å². The van der Waals surface area contributed by atoms with Gasteiger partial charge in [0, 0.05) is 0 Å². The van der Waals surface area contributed by atoms with Crippen LogP contribution in [0.5, 0.6) is 0 Å². The largest absolute Gasteiger partial charge is 0.391 e. The number of hydrogen-bond donors (Lipinski definition) is 2. The highest BCUT2D eigenvalue weighted by atomic mass is 16.3. The fraction of sp³-hybridized carbons (Fsp3) is 0.538. The fourth-order valence-corrected chi connectivity index (χ4v) is 2.16. The molecule has 0 fully saturated rings. The van der Waals surface area contributed by atoms with Gasteiger partial charge in [-0.15, -0.1) is 0 Å². The molecule has 0 heterocycles. The van der Waals surface area contributed by atoms with Gasteiger partial charge in [0.1, 0.15) is 0 Å². The molecule has 0 aliphatic rings. The van der Waals surface area contributed by atoms with E-state index in [1.807, 2.05) is 6.92 Å². The standard InChI is InChI=1S/C13H21NO/c1-5-11(15)13(14)12-9(3)6-8(2)7-10(12)4/h6-7,11,13,15H,5,14H2,1-4H3/t11-,13-/m0/s1. The second-order valence-electron chi connectivity index (χ2n) is 4.31. The van der Waals surface area contributed by atoms with Crippen LogP contribution in [0.25, 0.3) is 0 Å². The van der Waals surface area contributed by atoms with Gasteiger partial charge in [-0.25, -0.2) is 0 Å². The van der Waals surface area contributed by atoms with Gasteiger partial charge in [-0.1, -0.05) is 24.6 Å². The van der Waals surface area contributed by atoms with E-state index in [0.717, 1.165) is 5.56 Å². The lowest BCUT2D eigenvalue weighted by Crippen LogP contribution is -2.27. The number of aliphatic hydroxyl groups excluding tert-OH is 1. The lowest BCUT2D eigenvalue weighted by atomic mass is 9.91. The van der Waals surface area contributed by atoms with Crippen LogP contribution in [0.1, 0.15) is 41.6 Å². The Balaban J connectivity index is 3.13. The van der Waals surface area contributed by atoms with Crippen molar-refractivity contribution in [3.8, 4) is 0 Å². The van der Waals surface area contributed by atoms with Gasteiger partial charge in [0.05, 0.1) is 12.1 Å². The molecule has 0 unspecified atom stereocenters. The van der Waals surface area contributed by atoms with Gasteiger partial charge in [0.15, 0.2) is 0 Å². The van der Waals surface area contributed by atoms with E-state index >= 15 is 0 Å². The predicted molar refractivity (Wildman–Crippen MR) is 63.9 cm³/mol. The first-order valence-corrected chi connectivity index (χ1v) is 5.48. The Kier molecular flexibility index (Phi) is 3.89. The molecule has 0 aliphatic heterocycles. The molecule has 1 aromatic carbocycles. The summed E-state index contributed by atoms with van der Waals surface area (Å²) in [5.41, 5.74) is 10.7. The third kappa shape index (κ3) is 2.58. The van der Waals surface area contributed by atoms with Crippen molar-refractivity contribution < 1.29 is 5.11 Å². The van der Waals surface area contributed by atoms with E-state index in [4.69, 9.17) is 5.73 Å². The van der Waals surface area contributed by atoms with E-state index in [2.05, 4.69) is 32.9 Å². The second-order valence-corrected chi connectivity index (χ2v) is 4.31. The van der Waals surface area contributed by atoms with E-state index in [1.165, 1.54) is 16.7 Å². The van der Waals surface area contributed by atoms with Crippen LogP contribution in [0.3, 0.4) is 0 Å². The molecule has 2 nitrogen and oxygen atoms in total. The van der Waals surface area contributed by atoms with Crippen molar-refractivity contribution in [2.24, 2.45) is 5.73 Å². The normalized spacial score (nSPS) is 15.1. The van der Waals surface area contributed by atoms with E-state index in [0.29, 0.717) is 6.42 Å². The third-order valence-corrected chi connectivity index (χ3v) is 2.90. The van der Waals surface area contributed by atoms with Gasteiger partial charge < -0.3 is 10.8 Å². The number of hydrogen-bond acceptors (Lipinski definition) is 2. The molecule has 2 heteroatoms. The Hall–Kier alpha value is -0.860. The summed E-state index contributed by atoms with van der Waals surface area (Å²) in [6.45, 7) is 8.13. The zero-order valence-electron chi connectivity index (χ0n) is 10.0. The maximum absolute atomic E-state index is 9.77. The predicted octanol–water partition coefficient (Wildman–Crippen LogP) is 2.38. The van der Waals surface area contributed by atoms with E-state index < -0.39 is 6.10 Å². The van der Waals surface area contributed by atoms with Crippen LogP contribution in [-0.4, -0.2) is 11.2 Å². The summed E-state index contributed by atoms with van der Waals surface area (Å²) < 4.78 is 0. The van der Waals surface area contributed by atoms with Gasteiger partial charge in [-0.2, -0.15) is 0 Å². The van der Waals surface area contributed by atoms with Crippen LogP contribution in [0, 0.1) is 20.8 Å². The number of aliphatic hydroxyl groups is 1. The van der Waals surface area contributed by atoms with Crippen LogP contribution in [0.2, 0.25) is 0 Å². The molecule has 0 amide bonds. The Labute approximate surface area is 92.1 Å². The molecular formula is C13H21NO. The van der Waals surface area contributed by atoms with Crippen molar-refractivity contribution in [3.63, 3.8) is 0 Å². The van der Waals surface area contributed by atoms with Gasteiger partial charge >= 0.3 is 0 Å². The van der Waals surface area contributed by atoms with Crippen molar-refractivity contribution in [1.82, 2.24) is 0 Å². The average Bonchev–Trinajstić information content (AvgIpc) is 2.14. The molecular weight excluding hydrogens is 186 g/mol. The number of aryl methyl sites for hydroxylation is 3. The molecule has 0 saturated carbocycles. The number of benzene rings is 1. The highest BCUT2D eigenvalue weighted by molar-refractivity contribution is 5.39. The van der Waals surface area contributed by atoms with Crippen LogP contribution in [0.15, 0.2) is 12.1 Å². The Morgan fingerprint density at radius 3 is 2.07 bits per heavy atom. The highest BCUT2D eigenvalue weighted by Crippen LogP contribution is 2.25. The highest BCUT2D eigenvalue weighted by Gasteiger charge is 2.18. The first-order chi connectivity index (χ1) is 6.97.